The van der Waals surface area contributed by atoms with Gasteiger partial charge in [-0.2, -0.15) is 0 Å². The molecule has 0 heterocycles. The van der Waals surface area contributed by atoms with Crippen molar-refractivity contribution in [2.24, 2.45) is 0 Å². The molecule has 0 amide bonds. The number of ketones is 1. The minimum absolute atomic E-state index is 0.0798. The number of benzene rings is 3. The highest BCUT2D eigenvalue weighted by atomic mass is 16.5. The quantitative estimate of drug-likeness (QED) is 0.333. The molecule has 0 bridgehead atoms. The van der Waals surface area contributed by atoms with Crippen molar-refractivity contribution in [2.75, 3.05) is 19.8 Å². The monoisotopic (exact) mass is 438 g/mol. The van der Waals surface area contributed by atoms with Crippen LogP contribution in [0.2, 0.25) is 0 Å². The number of carboxylic acid groups (broad SMARTS) is 1. The van der Waals surface area contributed by atoms with Crippen LogP contribution in [0.5, 0.6) is 23.0 Å². The lowest BCUT2D eigenvalue weighted by Crippen LogP contribution is -2.09. The summed E-state index contributed by atoms with van der Waals surface area (Å²) in [7, 11) is 0. The van der Waals surface area contributed by atoms with Crippen LogP contribution in [0.3, 0.4) is 0 Å². The average molecular weight is 438 g/mol. The van der Waals surface area contributed by atoms with E-state index in [4.69, 9.17) is 19.3 Å². The smallest absolute Gasteiger partial charge is 0.341 e. The summed E-state index contributed by atoms with van der Waals surface area (Å²) in [5.74, 6) is 0.439. The molecule has 7 heteroatoms. The number of hydrogen-bond acceptors (Lipinski definition) is 6. The summed E-state index contributed by atoms with van der Waals surface area (Å²) in [4.78, 5) is 22.3. The lowest BCUT2D eigenvalue weighted by Gasteiger charge is -2.13. The summed E-state index contributed by atoms with van der Waals surface area (Å²) < 4.78 is 16.8. The molecule has 0 radical (unpaired) electrons. The standard InChI is InChI=1S/C25H26O7/c1-3-17-13-22(16(2)26)23(27)14-24(17)31-10-4-9-30-20-7-5-18-6-8-21(12-19(18)11-20)32-15-25(28)29/h5-8,11-14,27H,3-4,9-10,15H2,1-2H3,(H,28,29). The van der Waals surface area contributed by atoms with E-state index in [9.17, 15) is 14.7 Å². The van der Waals surface area contributed by atoms with Crippen LogP contribution < -0.4 is 14.2 Å². The second-order valence-corrected chi connectivity index (χ2v) is 7.29. The number of carboxylic acids is 1. The van der Waals surface area contributed by atoms with E-state index in [0.29, 0.717) is 48.9 Å². The molecule has 0 spiro atoms. The van der Waals surface area contributed by atoms with E-state index in [1.165, 1.54) is 13.0 Å². The van der Waals surface area contributed by atoms with Crippen molar-refractivity contribution in [1.82, 2.24) is 0 Å². The first-order chi connectivity index (χ1) is 15.4. The highest BCUT2D eigenvalue weighted by Crippen LogP contribution is 2.29. The lowest BCUT2D eigenvalue weighted by atomic mass is 10.0. The average Bonchev–Trinajstić information content (AvgIpc) is 2.77. The number of aliphatic carboxylic acids is 1. The number of carbonyl (C=O) groups is 2. The van der Waals surface area contributed by atoms with Gasteiger partial charge in [-0.25, -0.2) is 4.79 Å². The van der Waals surface area contributed by atoms with Crippen molar-refractivity contribution in [1.29, 1.82) is 0 Å². The van der Waals surface area contributed by atoms with Gasteiger partial charge in [-0.1, -0.05) is 19.1 Å². The van der Waals surface area contributed by atoms with Gasteiger partial charge < -0.3 is 24.4 Å². The van der Waals surface area contributed by atoms with Crippen molar-refractivity contribution >= 4 is 22.5 Å². The number of fused-ring (bicyclic) bond motifs is 1. The molecular formula is C25H26O7. The molecule has 2 N–H and O–H groups in total. The van der Waals surface area contributed by atoms with Crippen LogP contribution in [0, 0.1) is 0 Å². The molecule has 0 unspecified atom stereocenters. The molecule has 0 atom stereocenters. The van der Waals surface area contributed by atoms with E-state index in [1.807, 2.05) is 31.2 Å². The Kier molecular flexibility index (Phi) is 7.54. The molecule has 0 aliphatic carbocycles. The van der Waals surface area contributed by atoms with Gasteiger partial charge in [0.25, 0.3) is 0 Å². The van der Waals surface area contributed by atoms with Crippen molar-refractivity contribution in [3.8, 4) is 23.0 Å². The van der Waals surface area contributed by atoms with E-state index in [1.54, 1.807) is 18.2 Å². The first-order valence-electron chi connectivity index (χ1n) is 10.4. The number of aromatic hydroxyl groups is 1. The fourth-order valence-corrected chi connectivity index (χ4v) is 3.27. The van der Waals surface area contributed by atoms with Gasteiger partial charge in [-0.3, -0.25) is 4.79 Å². The molecule has 0 saturated carbocycles. The van der Waals surface area contributed by atoms with Gasteiger partial charge >= 0.3 is 5.97 Å². The predicted molar refractivity (Wildman–Crippen MR) is 120 cm³/mol. The number of phenols is 1. The minimum atomic E-state index is -1.03. The number of aryl methyl sites for hydroxylation is 1. The molecule has 32 heavy (non-hydrogen) atoms. The zero-order valence-corrected chi connectivity index (χ0v) is 18.1. The predicted octanol–water partition coefficient (Wildman–Crippen LogP) is 4.62. The van der Waals surface area contributed by atoms with Crippen LogP contribution in [0.15, 0.2) is 48.5 Å². The number of hydrogen-bond donors (Lipinski definition) is 2. The maximum absolute atomic E-state index is 11.6. The maximum atomic E-state index is 11.6. The maximum Gasteiger partial charge on any atom is 0.341 e. The molecule has 3 aromatic rings. The van der Waals surface area contributed by atoms with Crippen molar-refractivity contribution < 1.29 is 34.0 Å². The van der Waals surface area contributed by atoms with Crippen LogP contribution in [0.25, 0.3) is 10.8 Å². The van der Waals surface area contributed by atoms with Gasteiger partial charge in [-0.05, 0) is 60.0 Å². The van der Waals surface area contributed by atoms with Crippen LogP contribution in [0.4, 0.5) is 0 Å². The Morgan fingerprint density at radius 3 is 2.16 bits per heavy atom. The summed E-state index contributed by atoms with van der Waals surface area (Å²) in [5, 5.41) is 20.7. The van der Waals surface area contributed by atoms with E-state index in [-0.39, 0.29) is 11.5 Å². The Morgan fingerprint density at radius 1 is 0.875 bits per heavy atom. The molecule has 3 rings (SSSR count). The van der Waals surface area contributed by atoms with Crippen molar-refractivity contribution in [3.63, 3.8) is 0 Å². The fraction of sp³-hybridized carbons (Fsp3) is 0.280. The molecule has 0 aromatic heterocycles. The first-order valence-corrected chi connectivity index (χ1v) is 10.4. The van der Waals surface area contributed by atoms with Gasteiger partial charge in [0.1, 0.15) is 23.0 Å². The zero-order valence-electron chi connectivity index (χ0n) is 18.1. The summed E-state index contributed by atoms with van der Waals surface area (Å²) in [6, 6.07) is 14.2. The van der Waals surface area contributed by atoms with Gasteiger partial charge in [0.05, 0.1) is 18.8 Å². The second kappa shape index (κ2) is 10.5. The van der Waals surface area contributed by atoms with Crippen LogP contribution >= 0.6 is 0 Å². The summed E-state index contributed by atoms with van der Waals surface area (Å²) >= 11 is 0. The number of carbonyl (C=O) groups excluding carboxylic acids is 1. The Morgan fingerprint density at radius 2 is 1.53 bits per heavy atom. The van der Waals surface area contributed by atoms with E-state index in [0.717, 1.165) is 16.3 Å². The molecule has 3 aromatic carbocycles. The Labute approximate surface area is 186 Å². The van der Waals surface area contributed by atoms with E-state index >= 15 is 0 Å². The molecule has 0 aliphatic heterocycles. The molecule has 7 nitrogen and oxygen atoms in total. The number of rotatable bonds is 11. The van der Waals surface area contributed by atoms with Crippen LogP contribution in [-0.2, 0) is 11.2 Å². The first kappa shape index (κ1) is 22.9. The summed E-state index contributed by atoms with van der Waals surface area (Å²) in [5.41, 5.74) is 1.16. The second-order valence-electron chi connectivity index (χ2n) is 7.29. The topological polar surface area (TPSA) is 102 Å². The van der Waals surface area contributed by atoms with Crippen molar-refractivity contribution in [2.45, 2.75) is 26.7 Å². The van der Waals surface area contributed by atoms with Gasteiger partial charge in [-0.15, -0.1) is 0 Å². The SMILES string of the molecule is CCc1cc(C(C)=O)c(O)cc1OCCCOc1ccc2ccc(OCC(=O)O)cc2c1. The van der Waals surface area contributed by atoms with Crippen LogP contribution in [-0.4, -0.2) is 41.8 Å². The molecule has 0 saturated heterocycles. The largest absolute Gasteiger partial charge is 0.507 e. The number of ether oxygens (including phenoxy) is 3. The normalized spacial score (nSPS) is 10.7. The Hall–Kier alpha value is -3.74. The number of phenolic OH excluding ortho intramolecular Hbond substituents is 1. The molecule has 168 valence electrons. The third kappa shape index (κ3) is 5.91. The van der Waals surface area contributed by atoms with Gasteiger partial charge in [0.2, 0.25) is 0 Å². The highest BCUT2D eigenvalue weighted by molar-refractivity contribution is 5.97. The lowest BCUT2D eigenvalue weighted by molar-refractivity contribution is -0.139. The Bertz CT molecular complexity index is 1120. The van der Waals surface area contributed by atoms with Gasteiger partial charge in [0, 0.05) is 12.5 Å². The summed E-state index contributed by atoms with van der Waals surface area (Å²) in [6.45, 7) is 3.82. The zero-order chi connectivity index (χ0) is 23.1. The number of Topliss-reactive ketones (excluding diaryl/α,β-unsaturated/α-hetero) is 1. The summed E-state index contributed by atoms with van der Waals surface area (Å²) in [6.07, 6.45) is 1.31. The Balaban J connectivity index is 1.55. The fourth-order valence-electron chi connectivity index (χ4n) is 3.27. The van der Waals surface area contributed by atoms with Crippen molar-refractivity contribution in [3.05, 3.63) is 59.7 Å². The van der Waals surface area contributed by atoms with Gasteiger partial charge in [0.15, 0.2) is 12.4 Å². The third-order valence-electron chi connectivity index (χ3n) is 4.90. The van der Waals surface area contributed by atoms with E-state index < -0.39 is 12.6 Å². The molecule has 0 aliphatic rings. The van der Waals surface area contributed by atoms with E-state index in [2.05, 4.69) is 0 Å². The molecule has 0 fully saturated rings. The molecular weight excluding hydrogens is 412 g/mol. The third-order valence-corrected chi connectivity index (χ3v) is 4.90. The highest BCUT2D eigenvalue weighted by Gasteiger charge is 2.12. The minimum Gasteiger partial charge on any atom is -0.507 e. The van der Waals surface area contributed by atoms with Crippen LogP contribution in [0.1, 0.15) is 36.2 Å².